The highest BCUT2D eigenvalue weighted by Gasteiger charge is 2.19. The van der Waals surface area contributed by atoms with E-state index in [0.29, 0.717) is 0 Å². The van der Waals surface area contributed by atoms with Crippen molar-refractivity contribution < 1.29 is 14.5 Å². The molecule has 1 rings (SSSR count). The molecule has 0 atom stereocenters. The topological polar surface area (TPSA) is 48.9 Å². The molecule has 0 aromatic carbocycles. The summed E-state index contributed by atoms with van der Waals surface area (Å²) in [5.74, 6) is 0.0989. The number of aryl methyl sites for hydroxylation is 1. The third kappa shape index (κ3) is 5.90. The van der Waals surface area contributed by atoms with Crippen molar-refractivity contribution in [2.45, 2.75) is 85.2 Å². The van der Waals surface area contributed by atoms with E-state index in [2.05, 4.69) is 18.4 Å². The fourth-order valence-electron chi connectivity index (χ4n) is 2.96. The van der Waals surface area contributed by atoms with Crippen LogP contribution in [0, 0.1) is 6.92 Å². The Hall–Kier alpha value is -1.32. The normalized spacial score (nSPS) is 11.0. The first-order valence-corrected chi connectivity index (χ1v) is 8.38. The first kappa shape index (κ1) is 17.7. The van der Waals surface area contributed by atoms with Crippen molar-refractivity contribution in [3.63, 3.8) is 0 Å². The van der Waals surface area contributed by atoms with Gasteiger partial charge in [0.1, 0.15) is 18.4 Å². The monoisotopic (exact) mass is 294 g/mol. The minimum absolute atomic E-state index is 0.0420. The number of aromatic nitrogens is 2. The Morgan fingerprint density at radius 2 is 1.76 bits per heavy atom. The highest BCUT2D eigenvalue weighted by Crippen LogP contribution is 2.11. The molecule has 120 valence electrons. The number of nitrogens with zero attached hydrogens (tertiary/aromatic N) is 2. The molecule has 1 heterocycles. The summed E-state index contributed by atoms with van der Waals surface area (Å²) < 4.78 is 4.05. The van der Waals surface area contributed by atoms with Crippen molar-refractivity contribution in [3.8, 4) is 0 Å². The highest BCUT2D eigenvalue weighted by atomic mass is 16.4. The summed E-state index contributed by atoms with van der Waals surface area (Å²) in [5.41, 5.74) is 1.12. The Balaban J connectivity index is 2.50. The molecule has 0 spiro atoms. The summed E-state index contributed by atoms with van der Waals surface area (Å²) in [6, 6.07) is 0. The van der Waals surface area contributed by atoms with Gasteiger partial charge in [-0.1, -0.05) is 45.4 Å². The van der Waals surface area contributed by atoms with Crippen molar-refractivity contribution >= 4 is 5.97 Å². The number of carbonyl (C=O) groups excluding carboxylic acids is 1. The van der Waals surface area contributed by atoms with E-state index >= 15 is 0 Å². The Morgan fingerprint density at radius 1 is 1.14 bits per heavy atom. The zero-order valence-electron chi connectivity index (χ0n) is 13.9. The first-order chi connectivity index (χ1) is 10.1. The molecule has 0 aliphatic carbocycles. The van der Waals surface area contributed by atoms with Gasteiger partial charge in [-0.05, 0) is 13.3 Å². The van der Waals surface area contributed by atoms with Gasteiger partial charge in [-0.25, -0.2) is 9.13 Å². The molecule has 21 heavy (non-hydrogen) atoms. The molecular formula is C17H30N2O2. The fraction of sp³-hybridized carbons (Fsp3) is 0.765. The lowest BCUT2D eigenvalue weighted by Gasteiger charge is -2.05. The van der Waals surface area contributed by atoms with Crippen LogP contribution < -0.4 is 9.67 Å². The van der Waals surface area contributed by atoms with Crippen molar-refractivity contribution in [1.82, 2.24) is 4.57 Å². The van der Waals surface area contributed by atoms with Crippen LogP contribution in [0.15, 0.2) is 6.20 Å². The quantitative estimate of drug-likeness (QED) is 0.464. The third-order valence-corrected chi connectivity index (χ3v) is 4.03. The van der Waals surface area contributed by atoms with E-state index in [-0.39, 0.29) is 6.54 Å². The van der Waals surface area contributed by atoms with Gasteiger partial charge in [0.05, 0.1) is 12.5 Å². The SMILES string of the molecule is CCCCCCCCCc1n(CC)c(C)c[n+]1CC(=O)[O-]. The number of rotatable bonds is 11. The van der Waals surface area contributed by atoms with Gasteiger partial charge < -0.3 is 9.90 Å². The van der Waals surface area contributed by atoms with Crippen molar-refractivity contribution in [2.24, 2.45) is 0 Å². The molecule has 0 unspecified atom stereocenters. The number of carboxylic acid groups (broad SMARTS) is 1. The van der Waals surface area contributed by atoms with Gasteiger partial charge in [-0.2, -0.15) is 0 Å². The fourth-order valence-corrected chi connectivity index (χ4v) is 2.96. The van der Waals surface area contributed by atoms with E-state index in [1.165, 1.54) is 38.5 Å². The molecule has 0 N–H and O–H groups in total. The molecule has 4 nitrogen and oxygen atoms in total. The molecule has 0 bridgehead atoms. The predicted octanol–water partition coefficient (Wildman–Crippen LogP) is 2.15. The van der Waals surface area contributed by atoms with Gasteiger partial charge in [0.15, 0.2) is 0 Å². The molecule has 1 aromatic heterocycles. The average Bonchev–Trinajstić information content (AvgIpc) is 2.72. The maximum atomic E-state index is 10.9. The van der Waals surface area contributed by atoms with E-state index in [4.69, 9.17) is 0 Å². The van der Waals surface area contributed by atoms with Gasteiger partial charge in [0.2, 0.25) is 0 Å². The molecular weight excluding hydrogens is 264 g/mol. The lowest BCUT2D eigenvalue weighted by atomic mass is 10.1. The zero-order valence-corrected chi connectivity index (χ0v) is 13.9. The summed E-state index contributed by atoms with van der Waals surface area (Å²) in [7, 11) is 0. The lowest BCUT2D eigenvalue weighted by Crippen LogP contribution is -2.45. The van der Waals surface area contributed by atoms with Gasteiger partial charge in [0, 0.05) is 13.3 Å². The molecule has 0 radical (unpaired) electrons. The first-order valence-electron chi connectivity index (χ1n) is 8.38. The maximum Gasteiger partial charge on any atom is 0.256 e. The van der Waals surface area contributed by atoms with Crippen LogP contribution in [0.4, 0.5) is 0 Å². The second-order valence-electron chi connectivity index (χ2n) is 5.80. The molecule has 0 saturated heterocycles. The van der Waals surface area contributed by atoms with E-state index in [1.54, 1.807) is 0 Å². The Kier molecular flexibility index (Phi) is 8.09. The van der Waals surface area contributed by atoms with Crippen LogP contribution in [-0.4, -0.2) is 10.5 Å². The molecule has 0 aliphatic rings. The Morgan fingerprint density at radius 3 is 2.33 bits per heavy atom. The van der Waals surface area contributed by atoms with Crippen molar-refractivity contribution in [2.75, 3.05) is 0 Å². The van der Waals surface area contributed by atoms with Crippen LogP contribution in [0.3, 0.4) is 0 Å². The molecule has 0 amide bonds. The summed E-state index contributed by atoms with van der Waals surface area (Å²) >= 11 is 0. The maximum absolute atomic E-state index is 10.9. The summed E-state index contributed by atoms with van der Waals surface area (Å²) in [6.07, 6.45) is 11.8. The Bertz CT molecular complexity index is 438. The number of carbonyl (C=O) groups is 1. The van der Waals surface area contributed by atoms with Crippen LogP contribution >= 0.6 is 0 Å². The number of hydrogen-bond acceptors (Lipinski definition) is 2. The summed E-state index contributed by atoms with van der Waals surface area (Å²) in [4.78, 5) is 10.9. The summed E-state index contributed by atoms with van der Waals surface area (Å²) in [5, 5.41) is 10.9. The lowest BCUT2D eigenvalue weighted by molar-refractivity contribution is -0.697. The second-order valence-corrected chi connectivity index (χ2v) is 5.80. The van der Waals surface area contributed by atoms with E-state index in [1.807, 2.05) is 17.7 Å². The molecule has 1 aromatic rings. The van der Waals surface area contributed by atoms with Gasteiger partial charge in [-0.3, -0.25) is 0 Å². The van der Waals surface area contributed by atoms with Crippen LogP contribution in [0.1, 0.15) is 70.3 Å². The van der Waals surface area contributed by atoms with Crippen molar-refractivity contribution in [3.05, 3.63) is 17.7 Å². The predicted molar refractivity (Wildman–Crippen MR) is 81.7 cm³/mol. The minimum atomic E-state index is -1.02. The van der Waals surface area contributed by atoms with E-state index < -0.39 is 5.97 Å². The standard InChI is InChI=1S/C17H30N2O2/c1-4-6-7-8-9-10-11-12-16-18(14-17(20)21)13-15(3)19(16)5-2/h13H,4-12,14H2,1-3H3. The zero-order chi connectivity index (χ0) is 15.7. The average molecular weight is 294 g/mol. The number of imidazole rings is 1. The van der Waals surface area contributed by atoms with Gasteiger partial charge in [-0.15, -0.1) is 0 Å². The molecule has 0 aliphatic heterocycles. The number of aliphatic carboxylic acids is 1. The Labute approximate surface area is 128 Å². The minimum Gasteiger partial charge on any atom is -0.546 e. The largest absolute Gasteiger partial charge is 0.546 e. The van der Waals surface area contributed by atoms with Crippen LogP contribution in [0.2, 0.25) is 0 Å². The second kappa shape index (κ2) is 9.59. The van der Waals surface area contributed by atoms with E-state index in [9.17, 15) is 9.90 Å². The van der Waals surface area contributed by atoms with Crippen LogP contribution in [0.5, 0.6) is 0 Å². The third-order valence-electron chi connectivity index (χ3n) is 4.03. The van der Waals surface area contributed by atoms with Crippen LogP contribution in [-0.2, 0) is 24.3 Å². The summed E-state index contributed by atoms with van der Waals surface area (Å²) in [6.45, 7) is 7.21. The van der Waals surface area contributed by atoms with Crippen molar-refractivity contribution in [1.29, 1.82) is 0 Å². The highest BCUT2D eigenvalue weighted by molar-refractivity contribution is 5.62. The van der Waals surface area contributed by atoms with Gasteiger partial charge in [0.25, 0.3) is 5.82 Å². The van der Waals surface area contributed by atoms with Gasteiger partial charge >= 0.3 is 0 Å². The number of hydrogen-bond donors (Lipinski definition) is 0. The number of carboxylic acids is 1. The molecule has 0 fully saturated rings. The van der Waals surface area contributed by atoms with Crippen LogP contribution in [0.25, 0.3) is 0 Å². The molecule has 4 heteroatoms. The number of unbranched alkanes of at least 4 members (excludes halogenated alkanes) is 6. The van der Waals surface area contributed by atoms with E-state index in [0.717, 1.165) is 30.9 Å². The smallest absolute Gasteiger partial charge is 0.256 e. The molecule has 0 saturated carbocycles.